The second-order valence-electron chi connectivity index (χ2n) is 2.17. The molecule has 0 amide bonds. The van der Waals surface area contributed by atoms with Gasteiger partial charge in [0.2, 0.25) is 0 Å². The zero-order valence-corrected chi connectivity index (χ0v) is 7.61. The van der Waals surface area contributed by atoms with Crippen molar-refractivity contribution < 1.29 is 8.78 Å². The summed E-state index contributed by atoms with van der Waals surface area (Å²) in [6.07, 6.45) is -1.37. The van der Waals surface area contributed by atoms with E-state index in [0.29, 0.717) is 4.83 Å². The van der Waals surface area contributed by atoms with Crippen molar-refractivity contribution >= 4 is 33.3 Å². The number of aromatic nitrogens is 3. The molecule has 2 rings (SSSR count). The first-order valence-electron chi connectivity index (χ1n) is 3.23. The lowest BCUT2D eigenvalue weighted by Crippen LogP contribution is -1.82. The van der Waals surface area contributed by atoms with Gasteiger partial charge in [-0.3, -0.25) is 0 Å². The van der Waals surface area contributed by atoms with Crippen molar-refractivity contribution in [2.45, 2.75) is 6.43 Å². The number of hydrogen-bond donors (Lipinski definition) is 0. The average molecular weight is 222 g/mol. The van der Waals surface area contributed by atoms with Crippen molar-refractivity contribution in [3.05, 3.63) is 16.5 Å². The number of halogens is 3. The van der Waals surface area contributed by atoms with Gasteiger partial charge in [-0.1, -0.05) is 22.9 Å². The average Bonchev–Trinajstić information content (AvgIpc) is 2.49. The Labute approximate surface area is 80.4 Å². The molecule has 0 aromatic carbocycles. The predicted molar refractivity (Wildman–Crippen MR) is 45.2 cm³/mol. The van der Waals surface area contributed by atoms with Gasteiger partial charge >= 0.3 is 0 Å². The molecule has 68 valence electrons. The molecule has 3 nitrogen and oxygen atoms in total. The molecule has 0 unspecified atom stereocenters. The zero-order valence-electron chi connectivity index (χ0n) is 6.04. The van der Waals surface area contributed by atoms with Crippen LogP contribution in [-0.2, 0) is 0 Å². The van der Waals surface area contributed by atoms with Crippen LogP contribution in [0.3, 0.4) is 0 Å². The second-order valence-corrected chi connectivity index (χ2v) is 3.54. The van der Waals surface area contributed by atoms with E-state index in [9.17, 15) is 8.78 Å². The third-order valence-electron chi connectivity index (χ3n) is 1.35. The molecule has 13 heavy (non-hydrogen) atoms. The molecule has 2 heterocycles. The highest BCUT2D eigenvalue weighted by atomic mass is 35.5. The molecule has 0 aliphatic rings. The second kappa shape index (κ2) is 3.12. The van der Waals surface area contributed by atoms with E-state index in [0.717, 1.165) is 11.3 Å². The van der Waals surface area contributed by atoms with Gasteiger partial charge in [-0.05, 0) is 0 Å². The lowest BCUT2D eigenvalue weighted by molar-refractivity contribution is 0.151. The topological polar surface area (TPSA) is 38.7 Å². The van der Waals surface area contributed by atoms with Gasteiger partial charge in [0.15, 0.2) is 10.2 Å². The third-order valence-corrected chi connectivity index (χ3v) is 2.60. The van der Waals surface area contributed by atoms with Gasteiger partial charge in [0.05, 0.1) is 0 Å². The summed E-state index contributed by atoms with van der Waals surface area (Å²) in [7, 11) is 0. The van der Waals surface area contributed by atoms with Crippen LogP contribution in [0.4, 0.5) is 8.78 Å². The van der Waals surface area contributed by atoms with Crippen LogP contribution in [0.25, 0.3) is 10.3 Å². The summed E-state index contributed by atoms with van der Waals surface area (Å²) in [6, 6.07) is 0. The number of hydrogen-bond acceptors (Lipinski definition) is 4. The minimum Gasteiger partial charge on any atom is -0.230 e. The van der Waals surface area contributed by atoms with Gasteiger partial charge in [0.25, 0.3) is 6.43 Å². The highest BCUT2D eigenvalue weighted by molar-refractivity contribution is 7.18. The van der Waals surface area contributed by atoms with Gasteiger partial charge in [0, 0.05) is 0 Å². The van der Waals surface area contributed by atoms with Crippen molar-refractivity contribution in [2.75, 3.05) is 0 Å². The summed E-state index contributed by atoms with van der Waals surface area (Å²) in [5.41, 5.74) is 0.240. The Kier molecular flexibility index (Phi) is 2.09. The van der Waals surface area contributed by atoms with E-state index in [1.807, 2.05) is 0 Å². The van der Waals surface area contributed by atoms with E-state index in [4.69, 9.17) is 11.6 Å². The number of alkyl halides is 2. The van der Waals surface area contributed by atoms with Crippen molar-refractivity contribution in [3.8, 4) is 0 Å². The molecule has 0 N–H and O–H groups in total. The fourth-order valence-electron chi connectivity index (χ4n) is 0.837. The minimum atomic E-state index is -2.59. The monoisotopic (exact) mass is 221 g/mol. The zero-order chi connectivity index (χ0) is 9.42. The number of nitrogens with zero attached hydrogens (tertiary/aromatic N) is 3. The Morgan fingerprint density at radius 2 is 2.15 bits per heavy atom. The first-order valence-corrected chi connectivity index (χ1v) is 4.43. The third kappa shape index (κ3) is 1.47. The van der Waals surface area contributed by atoms with Gasteiger partial charge in [0.1, 0.15) is 16.7 Å². The summed E-state index contributed by atoms with van der Waals surface area (Å²) in [5.74, 6) is 0. The van der Waals surface area contributed by atoms with Crippen LogP contribution in [0, 0.1) is 0 Å². The van der Waals surface area contributed by atoms with Crippen LogP contribution in [0.2, 0.25) is 5.15 Å². The van der Waals surface area contributed by atoms with Crippen molar-refractivity contribution in [3.63, 3.8) is 0 Å². The maximum Gasteiger partial charge on any atom is 0.289 e. The van der Waals surface area contributed by atoms with E-state index >= 15 is 0 Å². The van der Waals surface area contributed by atoms with Crippen molar-refractivity contribution in [1.82, 2.24) is 15.0 Å². The molecular weight excluding hydrogens is 220 g/mol. The van der Waals surface area contributed by atoms with Crippen molar-refractivity contribution in [2.24, 2.45) is 0 Å². The Morgan fingerprint density at radius 3 is 2.77 bits per heavy atom. The Hall–Kier alpha value is -0.880. The van der Waals surface area contributed by atoms with E-state index in [1.165, 1.54) is 6.33 Å². The lowest BCUT2D eigenvalue weighted by Gasteiger charge is -1.87. The molecule has 0 atom stereocenters. The lowest BCUT2D eigenvalue weighted by atomic mass is 10.6. The molecule has 0 saturated carbocycles. The molecular formula is C6H2ClF2N3S. The number of fused-ring (bicyclic) bond motifs is 1. The molecule has 0 saturated heterocycles. The molecule has 7 heteroatoms. The standard InChI is InChI=1S/C6H2ClF2N3S/c7-3-2-5(11-1-10-3)13-6(12-2)4(8)9/h1,4H. The largest absolute Gasteiger partial charge is 0.289 e. The minimum absolute atomic E-state index is 0.105. The van der Waals surface area contributed by atoms with Crippen LogP contribution in [0.15, 0.2) is 6.33 Å². The fourth-order valence-corrected chi connectivity index (χ4v) is 1.83. The highest BCUT2D eigenvalue weighted by Crippen LogP contribution is 2.29. The number of thiazole rings is 1. The van der Waals surface area contributed by atoms with Gasteiger partial charge in [-0.25, -0.2) is 23.7 Å². The normalized spacial score (nSPS) is 11.4. The molecule has 0 aliphatic heterocycles. The molecule has 2 aromatic heterocycles. The first-order chi connectivity index (χ1) is 6.18. The Balaban J connectivity index is 2.68. The van der Waals surface area contributed by atoms with Gasteiger partial charge < -0.3 is 0 Å². The summed E-state index contributed by atoms with van der Waals surface area (Å²) in [5, 5.41) is -0.175. The summed E-state index contributed by atoms with van der Waals surface area (Å²) >= 11 is 6.45. The van der Waals surface area contributed by atoms with Crippen LogP contribution < -0.4 is 0 Å². The smallest absolute Gasteiger partial charge is 0.230 e. The van der Waals surface area contributed by atoms with E-state index in [1.54, 1.807) is 0 Å². The summed E-state index contributed by atoms with van der Waals surface area (Å²) in [6.45, 7) is 0. The Bertz CT molecular complexity index is 444. The van der Waals surface area contributed by atoms with Crippen LogP contribution in [-0.4, -0.2) is 15.0 Å². The van der Waals surface area contributed by atoms with E-state index in [2.05, 4.69) is 15.0 Å². The van der Waals surface area contributed by atoms with E-state index < -0.39 is 6.43 Å². The molecule has 2 aromatic rings. The maximum atomic E-state index is 12.2. The van der Waals surface area contributed by atoms with Crippen LogP contribution >= 0.6 is 22.9 Å². The molecule has 0 bridgehead atoms. The van der Waals surface area contributed by atoms with Crippen molar-refractivity contribution in [1.29, 1.82) is 0 Å². The Morgan fingerprint density at radius 1 is 1.38 bits per heavy atom. The SMILES string of the molecule is FC(F)c1nc2c(Cl)ncnc2s1. The van der Waals surface area contributed by atoms with Crippen LogP contribution in [0.5, 0.6) is 0 Å². The highest BCUT2D eigenvalue weighted by Gasteiger charge is 2.15. The molecule has 0 radical (unpaired) electrons. The summed E-state index contributed by atoms with van der Waals surface area (Å²) in [4.78, 5) is 11.4. The summed E-state index contributed by atoms with van der Waals surface area (Å²) < 4.78 is 24.4. The van der Waals surface area contributed by atoms with Gasteiger partial charge in [-0.15, -0.1) is 0 Å². The fraction of sp³-hybridized carbons (Fsp3) is 0.167. The van der Waals surface area contributed by atoms with E-state index in [-0.39, 0.29) is 15.7 Å². The quantitative estimate of drug-likeness (QED) is 0.695. The predicted octanol–water partition coefficient (Wildman–Crippen LogP) is 2.68. The molecule has 0 aliphatic carbocycles. The maximum absolute atomic E-state index is 12.2. The number of rotatable bonds is 1. The molecule has 0 fully saturated rings. The first kappa shape index (κ1) is 8.71. The van der Waals surface area contributed by atoms with Gasteiger partial charge in [-0.2, -0.15) is 0 Å². The molecule has 0 spiro atoms. The van der Waals surface area contributed by atoms with Crippen LogP contribution in [0.1, 0.15) is 11.4 Å².